The van der Waals surface area contributed by atoms with Gasteiger partial charge in [0.15, 0.2) is 5.79 Å². The summed E-state index contributed by atoms with van der Waals surface area (Å²) in [6, 6.07) is 0.882. The topological polar surface area (TPSA) is 30.5 Å². The molecule has 0 amide bonds. The lowest BCUT2D eigenvalue weighted by Crippen LogP contribution is -2.50. The van der Waals surface area contributed by atoms with Crippen LogP contribution < -0.4 is 5.32 Å². The SMILES string of the molecule is CCSCCC(C)NC1COC(C)(C)OC1. The van der Waals surface area contributed by atoms with Gasteiger partial charge in [-0.15, -0.1) is 0 Å². The van der Waals surface area contributed by atoms with Gasteiger partial charge in [-0.1, -0.05) is 6.92 Å². The van der Waals surface area contributed by atoms with Gasteiger partial charge in [0.2, 0.25) is 0 Å². The molecular formula is C12H25NO2S. The summed E-state index contributed by atoms with van der Waals surface area (Å²) in [7, 11) is 0. The second kappa shape index (κ2) is 6.84. The zero-order valence-electron chi connectivity index (χ0n) is 10.9. The molecule has 96 valence electrons. The summed E-state index contributed by atoms with van der Waals surface area (Å²) in [5, 5.41) is 3.55. The normalized spacial score (nSPS) is 23.2. The molecule has 1 aliphatic heterocycles. The zero-order valence-corrected chi connectivity index (χ0v) is 11.7. The van der Waals surface area contributed by atoms with Gasteiger partial charge in [-0.3, -0.25) is 0 Å². The first-order valence-electron chi connectivity index (χ1n) is 6.15. The molecule has 1 rings (SSSR count). The van der Waals surface area contributed by atoms with Crippen LogP contribution in [0.15, 0.2) is 0 Å². The molecule has 4 heteroatoms. The van der Waals surface area contributed by atoms with Crippen LogP contribution >= 0.6 is 11.8 Å². The third-order valence-electron chi connectivity index (χ3n) is 2.68. The highest BCUT2D eigenvalue weighted by Crippen LogP contribution is 2.17. The lowest BCUT2D eigenvalue weighted by Gasteiger charge is -2.36. The molecule has 0 spiro atoms. The Balaban J connectivity index is 2.13. The molecule has 0 aromatic rings. The van der Waals surface area contributed by atoms with Crippen molar-refractivity contribution in [1.82, 2.24) is 5.32 Å². The third-order valence-corrected chi connectivity index (χ3v) is 3.62. The third kappa shape index (κ3) is 5.53. The van der Waals surface area contributed by atoms with Crippen molar-refractivity contribution in [3.8, 4) is 0 Å². The van der Waals surface area contributed by atoms with E-state index < -0.39 is 5.79 Å². The Labute approximate surface area is 104 Å². The standard InChI is InChI=1S/C12H25NO2S/c1-5-16-7-6-10(2)13-11-8-14-12(3,4)15-9-11/h10-11,13H,5-9H2,1-4H3. The van der Waals surface area contributed by atoms with Crippen molar-refractivity contribution in [2.45, 2.75) is 52.0 Å². The lowest BCUT2D eigenvalue weighted by molar-refractivity contribution is -0.253. The van der Waals surface area contributed by atoms with Crippen molar-refractivity contribution in [2.24, 2.45) is 0 Å². The average molecular weight is 247 g/mol. The number of hydrogen-bond donors (Lipinski definition) is 1. The van der Waals surface area contributed by atoms with Crippen molar-refractivity contribution < 1.29 is 9.47 Å². The minimum absolute atomic E-state index is 0.342. The maximum atomic E-state index is 5.61. The highest BCUT2D eigenvalue weighted by atomic mass is 32.2. The molecule has 0 bridgehead atoms. The van der Waals surface area contributed by atoms with Crippen molar-refractivity contribution in [1.29, 1.82) is 0 Å². The summed E-state index contributed by atoms with van der Waals surface area (Å²) in [6.07, 6.45) is 1.21. The van der Waals surface area contributed by atoms with E-state index in [0.29, 0.717) is 12.1 Å². The van der Waals surface area contributed by atoms with Crippen LogP contribution in [-0.2, 0) is 9.47 Å². The Hall–Kier alpha value is 0.230. The first-order valence-corrected chi connectivity index (χ1v) is 7.30. The van der Waals surface area contributed by atoms with Crippen molar-refractivity contribution in [3.05, 3.63) is 0 Å². The summed E-state index contributed by atoms with van der Waals surface area (Å²) in [4.78, 5) is 0. The maximum absolute atomic E-state index is 5.61. The molecule has 1 fully saturated rings. The molecule has 0 aromatic heterocycles. The lowest BCUT2D eigenvalue weighted by atomic mass is 10.2. The largest absolute Gasteiger partial charge is 0.349 e. The van der Waals surface area contributed by atoms with Gasteiger partial charge in [0, 0.05) is 6.04 Å². The van der Waals surface area contributed by atoms with E-state index in [1.54, 1.807) is 0 Å². The number of ether oxygens (including phenoxy) is 2. The van der Waals surface area contributed by atoms with Crippen LogP contribution in [0.3, 0.4) is 0 Å². The molecule has 1 unspecified atom stereocenters. The second-order valence-corrected chi connectivity index (χ2v) is 6.17. The number of nitrogens with one attached hydrogen (secondary N) is 1. The van der Waals surface area contributed by atoms with Crippen molar-refractivity contribution in [2.75, 3.05) is 24.7 Å². The first-order chi connectivity index (χ1) is 7.53. The Bertz CT molecular complexity index is 189. The minimum Gasteiger partial charge on any atom is -0.349 e. The molecule has 1 atom stereocenters. The van der Waals surface area contributed by atoms with Crippen LogP contribution in [0.2, 0.25) is 0 Å². The van der Waals surface area contributed by atoms with Gasteiger partial charge >= 0.3 is 0 Å². The average Bonchev–Trinajstić information content (AvgIpc) is 2.22. The fourth-order valence-electron chi connectivity index (χ4n) is 1.68. The van der Waals surface area contributed by atoms with Crippen LogP contribution in [0.5, 0.6) is 0 Å². The molecule has 1 N–H and O–H groups in total. The molecule has 1 heterocycles. The van der Waals surface area contributed by atoms with Crippen LogP contribution in [0.1, 0.15) is 34.1 Å². The van der Waals surface area contributed by atoms with Crippen LogP contribution in [0.25, 0.3) is 0 Å². The summed E-state index contributed by atoms with van der Waals surface area (Å²) in [5.41, 5.74) is 0. The number of hydrogen-bond acceptors (Lipinski definition) is 4. The van der Waals surface area contributed by atoms with E-state index in [1.165, 1.54) is 17.9 Å². The number of thioether (sulfide) groups is 1. The predicted molar refractivity (Wildman–Crippen MR) is 70.0 cm³/mol. The molecule has 0 saturated carbocycles. The fourth-order valence-corrected chi connectivity index (χ4v) is 2.49. The quantitative estimate of drug-likeness (QED) is 0.729. The van der Waals surface area contributed by atoms with Gasteiger partial charge < -0.3 is 14.8 Å². The van der Waals surface area contributed by atoms with Gasteiger partial charge in [0.25, 0.3) is 0 Å². The summed E-state index contributed by atoms with van der Waals surface area (Å²) in [5.74, 6) is 2.03. The molecule has 0 radical (unpaired) electrons. The Morgan fingerprint density at radius 1 is 1.38 bits per heavy atom. The molecule has 1 aliphatic rings. The Morgan fingerprint density at radius 3 is 2.56 bits per heavy atom. The number of rotatable bonds is 6. The van der Waals surface area contributed by atoms with E-state index in [2.05, 4.69) is 19.2 Å². The van der Waals surface area contributed by atoms with Crippen LogP contribution in [0.4, 0.5) is 0 Å². The summed E-state index contributed by atoms with van der Waals surface area (Å²) < 4.78 is 11.2. The summed E-state index contributed by atoms with van der Waals surface area (Å²) in [6.45, 7) is 9.86. The van der Waals surface area contributed by atoms with Crippen LogP contribution in [0, 0.1) is 0 Å². The molecule has 3 nitrogen and oxygen atoms in total. The maximum Gasteiger partial charge on any atom is 0.162 e. The van der Waals surface area contributed by atoms with Gasteiger partial charge in [-0.2, -0.15) is 11.8 Å². The van der Waals surface area contributed by atoms with E-state index in [4.69, 9.17) is 9.47 Å². The monoisotopic (exact) mass is 247 g/mol. The summed E-state index contributed by atoms with van der Waals surface area (Å²) >= 11 is 2.00. The molecule has 0 aromatic carbocycles. The van der Waals surface area contributed by atoms with E-state index in [-0.39, 0.29) is 0 Å². The Kier molecular flexibility index (Phi) is 6.11. The van der Waals surface area contributed by atoms with E-state index >= 15 is 0 Å². The van der Waals surface area contributed by atoms with Gasteiger partial charge in [0.1, 0.15) is 0 Å². The highest BCUT2D eigenvalue weighted by molar-refractivity contribution is 7.99. The zero-order chi connectivity index (χ0) is 12.0. The van der Waals surface area contributed by atoms with E-state index in [1.807, 2.05) is 25.6 Å². The van der Waals surface area contributed by atoms with Crippen molar-refractivity contribution in [3.63, 3.8) is 0 Å². The first kappa shape index (κ1) is 14.3. The van der Waals surface area contributed by atoms with E-state index in [9.17, 15) is 0 Å². The highest BCUT2D eigenvalue weighted by Gasteiger charge is 2.28. The molecular weight excluding hydrogens is 222 g/mol. The van der Waals surface area contributed by atoms with Gasteiger partial charge in [0.05, 0.1) is 19.3 Å². The minimum atomic E-state index is -0.403. The van der Waals surface area contributed by atoms with Crippen LogP contribution in [-0.4, -0.2) is 42.6 Å². The van der Waals surface area contributed by atoms with Crippen molar-refractivity contribution >= 4 is 11.8 Å². The van der Waals surface area contributed by atoms with Gasteiger partial charge in [-0.25, -0.2) is 0 Å². The molecule has 1 saturated heterocycles. The second-order valence-electron chi connectivity index (χ2n) is 4.77. The van der Waals surface area contributed by atoms with E-state index in [0.717, 1.165) is 13.2 Å². The molecule has 16 heavy (non-hydrogen) atoms. The van der Waals surface area contributed by atoms with Gasteiger partial charge in [-0.05, 0) is 38.7 Å². The Morgan fingerprint density at radius 2 is 2.00 bits per heavy atom. The fraction of sp³-hybridized carbons (Fsp3) is 1.00. The predicted octanol–water partition coefficient (Wildman–Crippen LogP) is 2.26. The molecule has 0 aliphatic carbocycles. The smallest absolute Gasteiger partial charge is 0.162 e.